The normalized spacial score (nSPS) is 20.7. The summed E-state index contributed by atoms with van der Waals surface area (Å²) in [5.74, 6) is -0.533. The Bertz CT molecular complexity index is 247. The van der Waals surface area contributed by atoms with Crippen molar-refractivity contribution in [3.8, 4) is 0 Å². The molecule has 0 aromatic carbocycles. The summed E-state index contributed by atoms with van der Waals surface area (Å²) in [6.07, 6.45) is -1.36. The monoisotopic (exact) mass is 238 g/mol. The molecule has 16 heavy (non-hydrogen) atoms. The van der Waals surface area contributed by atoms with Crippen LogP contribution in [0.1, 0.15) is 38.5 Å². The summed E-state index contributed by atoms with van der Waals surface area (Å²) in [5, 5.41) is 2.70. The average Bonchev–Trinajstić information content (AvgIpc) is 2.17. The molecule has 0 aliphatic heterocycles. The van der Waals surface area contributed by atoms with Crippen LogP contribution in [0.4, 0.5) is 13.2 Å². The van der Waals surface area contributed by atoms with Crippen LogP contribution in [0.15, 0.2) is 0 Å². The Morgan fingerprint density at radius 2 is 1.81 bits per heavy atom. The summed E-state index contributed by atoms with van der Waals surface area (Å²) in [5.41, 5.74) is 4.36. The Balaban J connectivity index is 2.48. The molecule has 0 bridgehead atoms. The van der Waals surface area contributed by atoms with Crippen molar-refractivity contribution in [1.29, 1.82) is 0 Å². The van der Waals surface area contributed by atoms with E-state index < -0.39 is 24.0 Å². The van der Waals surface area contributed by atoms with Gasteiger partial charge >= 0.3 is 6.18 Å². The largest absolute Gasteiger partial charge is 0.390 e. The van der Waals surface area contributed by atoms with Crippen LogP contribution in [0.5, 0.6) is 0 Å². The van der Waals surface area contributed by atoms with E-state index in [2.05, 4.69) is 5.32 Å². The third kappa shape index (κ3) is 3.66. The molecule has 0 unspecified atom stereocenters. The number of hydrogen-bond acceptors (Lipinski definition) is 2. The maximum Gasteiger partial charge on any atom is 0.390 e. The van der Waals surface area contributed by atoms with Gasteiger partial charge in [0.1, 0.15) is 0 Å². The first-order valence-electron chi connectivity index (χ1n) is 5.47. The highest BCUT2D eigenvalue weighted by Gasteiger charge is 2.38. The van der Waals surface area contributed by atoms with Gasteiger partial charge in [0.2, 0.25) is 5.91 Å². The molecule has 1 aliphatic rings. The maximum atomic E-state index is 12.0. The van der Waals surface area contributed by atoms with E-state index >= 15 is 0 Å². The number of carbonyl (C=O) groups is 1. The van der Waals surface area contributed by atoms with E-state index in [9.17, 15) is 18.0 Å². The summed E-state index contributed by atoms with van der Waals surface area (Å²) in [6.45, 7) is -0.244. The lowest BCUT2D eigenvalue weighted by Crippen LogP contribution is -2.57. The molecule has 1 aliphatic carbocycles. The first-order chi connectivity index (χ1) is 7.36. The Hall–Kier alpha value is -0.780. The van der Waals surface area contributed by atoms with Crippen LogP contribution in [0.3, 0.4) is 0 Å². The minimum absolute atomic E-state index is 0.244. The van der Waals surface area contributed by atoms with Gasteiger partial charge in [-0.05, 0) is 12.8 Å². The van der Waals surface area contributed by atoms with E-state index in [0.29, 0.717) is 12.8 Å². The summed E-state index contributed by atoms with van der Waals surface area (Å²) < 4.78 is 35.9. The second kappa shape index (κ2) is 5.03. The number of nitrogens with two attached hydrogens (primary N) is 1. The average molecular weight is 238 g/mol. The lowest BCUT2D eigenvalue weighted by atomic mass is 9.81. The molecular weight excluding hydrogens is 221 g/mol. The highest BCUT2D eigenvalue weighted by atomic mass is 19.4. The summed E-state index contributed by atoms with van der Waals surface area (Å²) >= 11 is 0. The molecule has 3 nitrogen and oxygen atoms in total. The molecule has 94 valence electrons. The zero-order chi connectivity index (χ0) is 12.2. The molecule has 1 saturated carbocycles. The quantitative estimate of drug-likeness (QED) is 0.783. The molecule has 1 rings (SSSR count). The number of nitrogens with one attached hydrogen (secondary N) is 1. The Morgan fingerprint density at radius 3 is 2.25 bits per heavy atom. The predicted molar refractivity (Wildman–Crippen MR) is 53.7 cm³/mol. The molecule has 0 saturated heterocycles. The van der Waals surface area contributed by atoms with E-state index in [1.54, 1.807) is 0 Å². The van der Waals surface area contributed by atoms with Crippen LogP contribution in [0.2, 0.25) is 0 Å². The molecule has 0 atom stereocenters. The van der Waals surface area contributed by atoms with E-state index in [1.165, 1.54) is 0 Å². The number of halogens is 3. The van der Waals surface area contributed by atoms with Crippen LogP contribution < -0.4 is 11.1 Å². The number of hydrogen-bond donors (Lipinski definition) is 2. The third-order valence-corrected chi connectivity index (χ3v) is 3.05. The molecule has 0 radical (unpaired) electrons. The minimum atomic E-state index is -4.19. The number of rotatable bonds is 4. The highest BCUT2D eigenvalue weighted by Crippen LogP contribution is 2.28. The number of carbonyl (C=O) groups excluding carboxylic acids is 1. The summed E-state index contributed by atoms with van der Waals surface area (Å²) in [4.78, 5) is 11.3. The van der Waals surface area contributed by atoms with Crippen LogP contribution in [0.25, 0.3) is 0 Å². The summed E-state index contributed by atoms with van der Waals surface area (Å²) in [7, 11) is 0. The molecular formula is C10H17F3N2O. The van der Waals surface area contributed by atoms with Crippen LogP contribution in [-0.2, 0) is 4.79 Å². The smallest absolute Gasteiger partial charge is 0.368 e. The Morgan fingerprint density at radius 1 is 1.25 bits per heavy atom. The van der Waals surface area contributed by atoms with E-state index in [4.69, 9.17) is 5.73 Å². The van der Waals surface area contributed by atoms with Gasteiger partial charge < -0.3 is 11.1 Å². The fourth-order valence-electron chi connectivity index (χ4n) is 2.11. The van der Waals surface area contributed by atoms with Crippen LogP contribution >= 0.6 is 0 Å². The molecule has 0 spiro atoms. The van der Waals surface area contributed by atoms with Crippen LogP contribution in [-0.4, -0.2) is 24.2 Å². The van der Waals surface area contributed by atoms with Crippen molar-refractivity contribution in [2.24, 2.45) is 5.73 Å². The maximum absolute atomic E-state index is 12.0. The minimum Gasteiger partial charge on any atom is -0.368 e. The standard InChI is InChI=1S/C10H17F3N2O/c11-10(12,13)6-7-15-9(8(14)16)4-2-1-3-5-9/h15H,1-7H2,(H2,14,16). The zero-order valence-electron chi connectivity index (χ0n) is 9.07. The van der Waals surface area contributed by atoms with Gasteiger partial charge in [-0.3, -0.25) is 4.79 Å². The van der Waals surface area contributed by atoms with Crippen molar-refractivity contribution in [3.63, 3.8) is 0 Å². The Labute approximate surface area is 92.6 Å². The molecule has 0 aromatic heterocycles. The van der Waals surface area contributed by atoms with Gasteiger partial charge in [0.15, 0.2) is 0 Å². The molecule has 6 heteroatoms. The van der Waals surface area contributed by atoms with Gasteiger partial charge in [-0.25, -0.2) is 0 Å². The topological polar surface area (TPSA) is 55.1 Å². The number of alkyl halides is 3. The molecule has 1 amide bonds. The SMILES string of the molecule is NC(=O)C1(NCCC(F)(F)F)CCCCC1. The van der Waals surface area contributed by atoms with E-state index in [-0.39, 0.29) is 6.54 Å². The predicted octanol–water partition coefficient (Wildman–Crippen LogP) is 1.72. The fourth-order valence-corrected chi connectivity index (χ4v) is 2.11. The lowest BCUT2D eigenvalue weighted by Gasteiger charge is -2.35. The number of amides is 1. The second-order valence-electron chi connectivity index (χ2n) is 4.30. The van der Waals surface area contributed by atoms with Crippen molar-refractivity contribution in [2.75, 3.05) is 6.54 Å². The first kappa shape index (κ1) is 13.3. The molecule has 0 aromatic rings. The van der Waals surface area contributed by atoms with Crippen molar-refractivity contribution in [1.82, 2.24) is 5.32 Å². The second-order valence-corrected chi connectivity index (χ2v) is 4.30. The van der Waals surface area contributed by atoms with Crippen molar-refractivity contribution < 1.29 is 18.0 Å². The first-order valence-corrected chi connectivity index (χ1v) is 5.47. The van der Waals surface area contributed by atoms with E-state index in [1.807, 2.05) is 0 Å². The van der Waals surface area contributed by atoms with Gasteiger partial charge in [-0.2, -0.15) is 13.2 Å². The Kier molecular flexibility index (Phi) is 4.18. The van der Waals surface area contributed by atoms with Crippen molar-refractivity contribution in [2.45, 2.75) is 50.2 Å². The molecule has 1 fully saturated rings. The van der Waals surface area contributed by atoms with Gasteiger partial charge in [-0.15, -0.1) is 0 Å². The zero-order valence-corrected chi connectivity index (χ0v) is 9.07. The highest BCUT2D eigenvalue weighted by molar-refractivity contribution is 5.84. The molecule has 0 heterocycles. The van der Waals surface area contributed by atoms with Crippen molar-refractivity contribution >= 4 is 5.91 Å². The third-order valence-electron chi connectivity index (χ3n) is 3.05. The fraction of sp³-hybridized carbons (Fsp3) is 0.900. The number of primary amides is 1. The lowest BCUT2D eigenvalue weighted by molar-refractivity contribution is -0.137. The van der Waals surface area contributed by atoms with Gasteiger partial charge in [0, 0.05) is 6.54 Å². The van der Waals surface area contributed by atoms with Gasteiger partial charge in [-0.1, -0.05) is 19.3 Å². The van der Waals surface area contributed by atoms with Crippen molar-refractivity contribution in [3.05, 3.63) is 0 Å². The molecule has 3 N–H and O–H groups in total. The van der Waals surface area contributed by atoms with Gasteiger partial charge in [0.05, 0.1) is 12.0 Å². The van der Waals surface area contributed by atoms with E-state index in [0.717, 1.165) is 19.3 Å². The van der Waals surface area contributed by atoms with Crippen LogP contribution in [0, 0.1) is 0 Å². The van der Waals surface area contributed by atoms with Gasteiger partial charge in [0.25, 0.3) is 0 Å². The summed E-state index contributed by atoms with van der Waals surface area (Å²) in [6, 6.07) is 0.